The molecule has 0 unspecified atom stereocenters. The Morgan fingerprint density at radius 3 is 2.29 bits per heavy atom. The largest absolute Gasteiger partial charge is 0.452 e. The van der Waals surface area contributed by atoms with E-state index in [1.165, 1.54) is 0 Å². The Hall–Kier alpha value is -3.11. The molecular weight excluding hydrogens is 374 g/mol. The molecule has 3 aromatic rings. The Labute approximate surface area is 169 Å². The summed E-state index contributed by atoms with van der Waals surface area (Å²) in [5.74, 6) is -0.855. The molecule has 0 heterocycles. The third-order valence-electron chi connectivity index (χ3n) is 4.22. The van der Waals surface area contributed by atoms with Gasteiger partial charge < -0.3 is 10.1 Å². The fraction of sp³-hybridized carbons (Fsp3) is 0.130. The van der Waals surface area contributed by atoms with E-state index in [-0.39, 0.29) is 12.5 Å². The van der Waals surface area contributed by atoms with Gasteiger partial charge in [0.25, 0.3) is 5.91 Å². The number of nitrogens with one attached hydrogen (secondary N) is 1. The highest BCUT2D eigenvalue weighted by Crippen LogP contribution is 2.23. The number of rotatable bonds is 7. The summed E-state index contributed by atoms with van der Waals surface area (Å²) in [5.41, 5.74) is 3.19. The van der Waals surface area contributed by atoms with Crippen LogP contribution < -0.4 is 5.32 Å². The van der Waals surface area contributed by atoms with Crippen molar-refractivity contribution in [3.63, 3.8) is 0 Å². The predicted molar refractivity (Wildman–Crippen MR) is 110 cm³/mol. The van der Waals surface area contributed by atoms with Crippen LogP contribution in [-0.4, -0.2) is 25.0 Å². The van der Waals surface area contributed by atoms with Crippen LogP contribution in [0.25, 0.3) is 11.1 Å². The summed E-state index contributed by atoms with van der Waals surface area (Å²) in [7, 11) is 0. The lowest BCUT2D eigenvalue weighted by atomic mass is 10.00. The van der Waals surface area contributed by atoms with Crippen LogP contribution in [0.3, 0.4) is 0 Å². The average Bonchev–Trinajstić information content (AvgIpc) is 2.74. The minimum Gasteiger partial charge on any atom is -0.452 e. The van der Waals surface area contributed by atoms with E-state index in [4.69, 9.17) is 16.3 Å². The van der Waals surface area contributed by atoms with Crippen molar-refractivity contribution < 1.29 is 14.3 Å². The van der Waals surface area contributed by atoms with Gasteiger partial charge in [0.05, 0.1) is 5.56 Å². The van der Waals surface area contributed by atoms with Gasteiger partial charge in [-0.05, 0) is 41.3 Å². The first-order valence-electron chi connectivity index (χ1n) is 8.96. The number of hydrogen-bond acceptors (Lipinski definition) is 3. The Balaban J connectivity index is 1.51. The van der Waals surface area contributed by atoms with Crippen LogP contribution in [0.15, 0.2) is 78.9 Å². The molecular formula is C23H20ClNO3. The zero-order chi connectivity index (χ0) is 19.8. The molecule has 3 rings (SSSR count). The molecule has 0 atom stereocenters. The fourth-order valence-corrected chi connectivity index (χ4v) is 2.91. The van der Waals surface area contributed by atoms with Gasteiger partial charge in [0, 0.05) is 11.6 Å². The summed E-state index contributed by atoms with van der Waals surface area (Å²) >= 11 is 5.85. The highest BCUT2D eigenvalue weighted by molar-refractivity contribution is 6.30. The molecule has 142 valence electrons. The van der Waals surface area contributed by atoms with Crippen LogP contribution in [0.1, 0.15) is 15.9 Å². The van der Waals surface area contributed by atoms with Gasteiger partial charge in [0.15, 0.2) is 6.61 Å². The molecule has 3 aromatic carbocycles. The lowest BCUT2D eigenvalue weighted by Gasteiger charge is -2.10. The van der Waals surface area contributed by atoms with Gasteiger partial charge >= 0.3 is 5.97 Å². The monoisotopic (exact) mass is 393 g/mol. The van der Waals surface area contributed by atoms with Crippen LogP contribution in [-0.2, 0) is 16.0 Å². The zero-order valence-corrected chi connectivity index (χ0v) is 16.0. The van der Waals surface area contributed by atoms with Crippen LogP contribution in [0.4, 0.5) is 0 Å². The standard InChI is InChI=1S/C23H20ClNO3/c24-19-12-10-17(11-13-19)14-15-25-22(26)16-28-23(27)21-9-5-4-8-20(21)18-6-2-1-3-7-18/h1-13H,14-16H2,(H,25,26). The Bertz CT molecular complexity index is 940. The number of halogens is 1. The van der Waals surface area contributed by atoms with Crippen molar-refractivity contribution in [3.8, 4) is 11.1 Å². The number of hydrogen-bond donors (Lipinski definition) is 1. The maximum absolute atomic E-state index is 12.5. The molecule has 0 aliphatic heterocycles. The normalized spacial score (nSPS) is 10.3. The van der Waals surface area contributed by atoms with E-state index in [1.54, 1.807) is 12.1 Å². The van der Waals surface area contributed by atoms with Gasteiger partial charge in [-0.2, -0.15) is 0 Å². The first-order valence-corrected chi connectivity index (χ1v) is 9.34. The SMILES string of the molecule is O=C(COC(=O)c1ccccc1-c1ccccc1)NCCc1ccc(Cl)cc1. The van der Waals surface area contributed by atoms with Gasteiger partial charge in [-0.1, -0.05) is 72.3 Å². The summed E-state index contributed by atoms with van der Waals surface area (Å²) < 4.78 is 5.20. The highest BCUT2D eigenvalue weighted by atomic mass is 35.5. The maximum Gasteiger partial charge on any atom is 0.339 e. The molecule has 28 heavy (non-hydrogen) atoms. The summed E-state index contributed by atoms with van der Waals surface area (Å²) in [5, 5.41) is 3.43. The number of carbonyl (C=O) groups is 2. The molecule has 0 aliphatic carbocycles. The van der Waals surface area contributed by atoms with Crippen LogP contribution in [0.2, 0.25) is 5.02 Å². The summed E-state index contributed by atoms with van der Waals surface area (Å²) in [6, 6.07) is 24.2. The van der Waals surface area contributed by atoms with E-state index in [1.807, 2.05) is 66.7 Å². The Morgan fingerprint density at radius 2 is 1.54 bits per heavy atom. The Morgan fingerprint density at radius 1 is 0.857 bits per heavy atom. The van der Waals surface area contributed by atoms with Crippen LogP contribution in [0, 0.1) is 0 Å². The van der Waals surface area contributed by atoms with E-state index in [0.29, 0.717) is 23.6 Å². The van der Waals surface area contributed by atoms with Gasteiger partial charge in [-0.3, -0.25) is 4.79 Å². The number of esters is 1. The van der Waals surface area contributed by atoms with Crippen molar-refractivity contribution in [1.82, 2.24) is 5.32 Å². The molecule has 4 nitrogen and oxygen atoms in total. The van der Waals surface area contributed by atoms with E-state index < -0.39 is 5.97 Å². The number of benzene rings is 3. The van der Waals surface area contributed by atoms with E-state index in [2.05, 4.69) is 5.32 Å². The second kappa shape index (κ2) is 9.72. The van der Waals surface area contributed by atoms with Crippen LogP contribution >= 0.6 is 11.6 Å². The second-order valence-corrected chi connectivity index (χ2v) is 6.65. The van der Waals surface area contributed by atoms with Crippen molar-refractivity contribution in [2.75, 3.05) is 13.2 Å². The summed E-state index contributed by atoms with van der Waals surface area (Å²) in [6.45, 7) is 0.140. The molecule has 5 heteroatoms. The predicted octanol–water partition coefficient (Wildman–Crippen LogP) is 4.52. The highest BCUT2D eigenvalue weighted by Gasteiger charge is 2.15. The smallest absolute Gasteiger partial charge is 0.339 e. The minimum absolute atomic E-state index is 0.317. The molecule has 0 spiro atoms. The number of carbonyl (C=O) groups excluding carboxylic acids is 2. The quantitative estimate of drug-likeness (QED) is 0.600. The number of ether oxygens (including phenoxy) is 1. The molecule has 0 fully saturated rings. The van der Waals surface area contributed by atoms with Gasteiger partial charge in [-0.15, -0.1) is 0 Å². The van der Waals surface area contributed by atoms with Gasteiger partial charge in [-0.25, -0.2) is 4.79 Å². The van der Waals surface area contributed by atoms with Gasteiger partial charge in [0.1, 0.15) is 0 Å². The topological polar surface area (TPSA) is 55.4 Å². The zero-order valence-electron chi connectivity index (χ0n) is 15.2. The lowest BCUT2D eigenvalue weighted by Crippen LogP contribution is -2.30. The third kappa shape index (κ3) is 5.44. The van der Waals surface area contributed by atoms with Crippen LogP contribution in [0.5, 0.6) is 0 Å². The molecule has 1 N–H and O–H groups in total. The first-order chi connectivity index (χ1) is 13.6. The summed E-state index contributed by atoms with van der Waals surface area (Å²) in [6.07, 6.45) is 0.674. The van der Waals surface area contributed by atoms with Crippen molar-refractivity contribution >= 4 is 23.5 Å². The molecule has 1 amide bonds. The van der Waals surface area contributed by atoms with Crippen molar-refractivity contribution in [1.29, 1.82) is 0 Å². The van der Waals surface area contributed by atoms with Gasteiger partial charge in [0.2, 0.25) is 0 Å². The molecule has 0 bridgehead atoms. The molecule has 0 saturated heterocycles. The van der Waals surface area contributed by atoms with Crippen molar-refractivity contribution in [2.45, 2.75) is 6.42 Å². The van der Waals surface area contributed by atoms with E-state index in [9.17, 15) is 9.59 Å². The molecule has 0 saturated carbocycles. The lowest BCUT2D eigenvalue weighted by molar-refractivity contribution is -0.124. The summed E-state index contributed by atoms with van der Waals surface area (Å²) in [4.78, 5) is 24.4. The first kappa shape index (κ1) is 19.6. The second-order valence-electron chi connectivity index (χ2n) is 6.21. The van der Waals surface area contributed by atoms with Crippen molar-refractivity contribution in [3.05, 3.63) is 95.0 Å². The fourth-order valence-electron chi connectivity index (χ4n) is 2.79. The molecule has 0 aliphatic rings. The third-order valence-corrected chi connectivity index (χ3v) is 4.47. The maximum atomic E-state index is 12.5. The average molecular weight is 394 g/mol. The molecule has 0 radical (unpaired) electrons. The van der Waals surface area contributed by atoms with Crippen molar-refractivity contribution in [2.24, 2.45) is 0 Å². The van der Waals surface area contributed by atoms with E-state index >= 15 is 0 Å². The van der Waals surface area contributed by atoms with E-state index in [0.717, 1.165) is 16.7 Å². The minimum atomic E-state index is -0.521. The number of amides is 1. The Kier molecular flexibility index (Phi) is 6.82. The molecule has 0 aromatic heterocycles.